The highest BCUT2D eigenvalue weighted by Crippen LogP contribution is 2.29. The Bertz CT molecular complexity index is 1700. The number of rotatable bonds is 19. The van der Waals surface area contributed by atoms with Crippen molar-refractivity contribution in [2.24, 2.45) is 11.8 Å². The lowest BCUT2D eigenvalue weighted by molar-refractivity contribution is -0.132. The molecule has 1 aliphatic carbocycles. The summed E-state index contributed by atoms with van der Waals surface area (Å²) in [7, 11) is -1.60. The number of morpholine rings is 1. The number of aliphatic hydroxyl groups is 2. The number of hydrogen-bond acceptors (Lipinski definition) is 9. The quantitative estimate of drug-likeness (QED) is 0.0982. The van der Waals surface area contributed by atoms with Gasteiger partial charge < -0.3 is 30.3 Å². The normalized spacial score (nSPS) is 18.8. The van der Waals surface area contributed by atoms with E-state index in [0.29, 0.717) is 68.5 Å². The Hall–Kier alpha value is -3.68. The predicted molar refractivity (Wildman–Crippen MR) is 214 cm³/mol. The number of unbranched alkanes of at least 4 members (excludes halogenated alkanes) is 1. The maximum Gasteiger partial charge on any atom is 0.308 e. The molecule has 6 atom stereocenters. The van der Waals surface area contributed by atoms with Gasteiger partial charge in [-0.05, 0) is 65.8 Å². The Kier molecular flexibility index (Phi) is 16.7. The molecule has 1 heterocycles. The molecule has 1 aliphatic heterocycles. The lowest BCUT2D eigenvalue weighted by atomic mass is 9.83. The lowest BCUT2D eigenvalue weighted by Crippen LogP contribution is -2.57. The number of carbonyl (C=O) groups excluding carboxylic acids is 3. The van der Waals surface area contributed by atoms with Gasteiger partial charge in [-0.3, -0.25) is 23.5 Å². The number of nitrogens with zero attached hydrogens (tertiary/aromatic N) is 1. The third kappa shape index (κ3) is 12.9. The fraction of sp³-hybridized carbons (Fsp3) is 0.558. The number of amides is 2. The number of β-amino-alcohol motifs (C(OH)–C–C–N with tert-alkyl or cyclic N) is 1. The molecule has 12 heteroatoms. The van der Waals surface area contributed by atoms with E-state index in [0.717, 1.165) is 48.4 Å². The minimum Gasteiger partial charge on any atom is -0.427 e. The second kappa shape index (κ2) is 21.6. The molecule has 11 nitrogen and oxygen atoms in total. The van der Waals surface area contributed by atoms with E-state index in [1.807, 2.05) is 49.4 Å². The van der Waals surface area contributed by atoms with Gasteiger partial charge in [0.25, 0.3) is 0 Å². The van der Waals surface area contributed by atoms with E-state index in [9.17, 15) is 28.8 Å². The van der Waals surface area contributed by atoms with Crippen LogP contribution in [0.25, 0.3) is 10.8 Å². The Morgan fingerprint density at radius 2 is 1.64 bits per heavy atom. The van der Waals surface area contributed by atoms with Gasteiger partial charge in [-0.2, -0.15) is 0 Å². The Labute approximate surface area is 328 Å². The molecule has 0 radical (unpaired) electrons. The van der Waals surface area contributed by atoms with Crippen molar-refractivity contribution in [1.82, 2.24) is 15.5 Å². The van der Waals surface area contributed by atoms with Gasteiger partial charge in [0.1, 0.15) is 17.9 Å². The van der Waals surface area contributed by atoms with Crippen LogP contribution in [0.5, 0.6) is 5.75 Å². The molecule has 3 aromatic carbocycles. The molecule has 5 rings (SSSR count). The fourth-order valence-corrected chi connectivity index (χ4v) is 9.07. The summed E-state index contributed by atoms with van der Waals surface area (Å²) < 4.78 is 24.4. The molecule has 1 saturated carbocycles. The molecule has 0 spiro atoms. The summed E-state index contributed by atoms with van der Waals surface area (Å²) in [5.41, 5.74) is 0.930. The predicted octanol–water partition coefficient (Wildman–Crippen LogP) is 4.92. The van der Waals surface area contributed by atoms with Gasteiger partial charge in [-0.1, -0.05) is 94.3 Å². The van der Waals surface area contributed by atoms with E-state index >= 15 is 0 Å². The summed E-state index contributed by atoms with van der Waals surface area (Å²) in [5.74, 6) is -1.34. The first-order chi connectivity index (χ1) is 26.6. The van der Waals surface area contributed by atoms with Gasteiger partial charge in [-0.15, -0.1) is 0 Å². The molecule has 3 aromatic rings. The van der Waals surface area contributed by atoms with Gasteiger partial charge in [0.2, 0.25) is 11.8 Å². The smallest absolute Gasteiger partial charge is 0.308 e. The van der Waals surface area contributed by atoms with Crippen LogP contribution < -0.4 is 15.4 Å². The monoisotopic (exact) mass is 777 g/mol. The van der Waals surface area contributed by atoms with Crippen LogP contribution in [0, 0.1) is 11.8 Å². The van der Waals surface area contributed by atoms with Gasteiger partial charge >= 0.3 is 5.97 Å². The van der Waals surface area contributed by atoms with Crippen LogP contribution in [0.15, 0.2) is 71.6 Å². The van der Waals surface area contributed by atoms with Crippen molar-refractivity contribution in [1.29, 1.82) is 0 Å². The molecule has 0 bridgehead atoms. The molecular formula is C43H59N3O8S. The lowest BCUT2D eigenvalue weighted by Gasteiger charge is -2.35. The van der Waals surface area contributed by atoms with Crippen LogP contribution in [-0.2, 0) is 36.3 Å². The number of carbonyl (C=O) groups is 3. The molecule has 2 aliphatic rings. The van der Waals surface area contributed by atoms with Crippen LogP contribution in [0.1, 0.15) is 77.2 Å². The van der Waals surface area contributed by atoms with E-state index in [1.54, 1.807) is 24.3 Å². The summed E-state index contributed by atoms with van der Waals surface area (Å²) in [4.78, 5) is 42.6. The highest BCUT2D eigenvalue weighted by atomic mass is 32.2. The van der Waals surface area contributed by atoms with Crippen LogP contribution >= 0.6 is 0 Å². The van der Waals surface area contributed by atoms with E-state index in [-0.39, 0.29) is 18.2 Å². The number of ether oxygens (including phenoxy) is 2. The summed E-state index contributed by atoms with van der Waals surface area (Å²) in [6.07, 6.45) is 5.84. The Balaban J connectivity index is 1.36. The molecule has 300 valence electrons. The van der Waals surface area contributed by atoms with Gasteiger partial charge in [0.05, 0.1) is 42.1 Å². The van der Waals surface area contributed by atoms with Crippen molar-refractivity contribution in [3.8, 4) is 5.75 Å². The van der Waals surface area contributed by atoms with E-state index in [2.05, 4.69) is 15.5 Å². The third-order valence-electron chi connectivity index (χ3n) is 10.9. The topological polar surface area (TPSA) is 154 Å². The molecule has 0 aromatic heterocycles. The minimum atomic E-state index is -1.60. The molecule has 2 fully saturated rings. The van der Waals surface area contributed by atoms with Gasteiger partial charge in [-0.25, -0.2) is 0 Å². The molecule has 2 amide bonds. The second-order valence-electron chi connectivity index (χ2n) is 15.1. The van der Waals surface area contributed by atoms with Crippen LogP contribution in [0.4, 0.5) is 0 Å². The highest BCUT2D eigenvalue weighted by Gasteiger charge is 2.35. The molecule has 4 N–H and O–H groups in total. The number of hydrogen-bond donors (Lipinski definition) is 4. The average molecular weight is 778 g/mol. The van der Waals surface area contributed by atoms with E-state index in [1.165, 1.54) is 13.3 Å². The number of fused-ring (bicyclic) bond motifs is 1. The number of aliphatic hydroxyl groups excluding tert-OH is 2. The zero-order valence-electron chi connectivity index (χ0n) is 32.3. The van der Waals surface area contributed by atoms with Crippen molar-refractivity contribution >= 4 is 39.4 Å². The van der Waals surface area contributed by atoms with Crippen molar-refractivity contribution in [2.45, 2.75) is 107 Å². The zero-order chi connectivity index (χ0) is 39.2. The zero-order valence-corrected chi connectivity index (χ0v) is 33.1. The van der Waals surface area contributed by atoms with Crippen LogP contribution in [0.3, 0.4) is 0 Å². The highest BCUT2D eigenvalue weighted by molar-refractivity contribution is 7.85. The van der Waals surface area contributed by atoms with Crippen LogP contribution in [-0.4, -0.2) is 100.0 Å². The number of nitrogens with one attached hydrogen (secondary N) is 2. The summed E-state index contributed by atoms with van der Waals surface area (Å²) in [6, 6.07) is 18.7. The summed E-state index contributed by atoms with van der Waals surface area (Å²) in [6.45, 7) is 6.08. The Morgan fingerprint density at radius 1 is 0.927 bits per heavy atom. The molecule has 1 saturated heterocycles. The standard InChI is InChI=1S/C43H59N3O8S/c1-3-4-17-38(43(51)45-39(26-31-11-6-5-7-12-31)41(49)40(48)28-46-22-24-53-25-23-46)44-42(50)34(27-33-15-10-14-32-13-8-9-16-37(32)33)29-55(52)36-20-18-35(19-21-36)54-30(2)47/h8-10,13-16,18-21,31,34,38-41,48-49H,3-7,11-12,17,22-29H2,1-2H3,(H,44,50)(H,45,51)/t34-,38+,39+,40+,41-,55?/m1/s1. The first-order valence-corrected chi connectivity index (χ1v) is 21.3. The second-order valence-corrected chi connectivity index (χ2v) is 16.6. The average Bonchev–Trinajstić information content (AvgIpc) is 3.19. The van der Waals surface area contributed by atoms with Crippen LogP contribution in [0.2, 0.25) is 0 Å². The largest absolute Gasteiger partial charge is 0.427 e. The maximum absolute atomic E-state index is 14.4. The number of benzene rings is 3. The van der Waals surface area contributed by atoms with Gasteiger partial charge in [0, 0.05) is 37.2 Å². The SMILES string of the molecule is CCCC[C@H](NC(=O)[C@H](Cc1cccc2ccccc12)CS(=O)c1ccc(OC(C)=O)cc1)C(=O)N[C@@H](CC1CCCCC1)[C@@H](O)[C@@H](O)CN1CCOCC1. The summed E-state index contributed by atoms with van der Waals surface area (Å²) >= 11 is 0. The first kappa shape index (κ1) is 42.5. The Morgan fingerprint density at radius 3 is 2.35 bits per heavy atom. The third-order valence-corrected chi connectivity index (χ3v) is 12.4. The molecular weight excluding hydrogens is 719 g/mol. The van der Waals surface area contributed by atoms with Crippen molar-refractivity contribution < 1.29 is 38.3 Å². The van der Waals surface area contributed by atoms with Gasteiger partial charge in [0.15, 0.2) is 0 Å². The van der Waals surface area contributed by atoms with E-state index < -0.39 is 52.9 Å². The minimum absolute atomic E-state index is 0.000828. The fourth-order valence-electron chi connectivity index (χ4n) is 7.81. The first-order valence-electron chi connectivity index (χ1n) is 20.0. The van der Waals surface area contributed by atoms with E-state index in [4.69, 9.17) is 9.47 Å². The van der Waals surface area contributed by atoms with Crippen molar-refractivity contribution in [2.75, 3.05) is 38.6 Å². The summed E-state index contributed by atoms with van der Waals surface area (Å²) in [5, 5.41) is 30.9. The molecule has 55 heavy (non-hydrogen) atoms. The van der Waals surface area contributed by atoms with Crippen molar-refractivity contribution in [3.05, 3.63) is 72.3 Å². The molecule has 1 unspecified atom stereocenters. The number of esters is 1. The van der Waals surface area contributed by atoms with Crippen molar-refractivity contribution in [3.63, 3.8) is 0 Å². The maximum atomic E-state index is 14.4.